The maximum absolute atomic E-state index is 14.2. The van der Waals surface area contributed by atoms with Crippen molar-refractivity contribution in [2.24, 2.45) is 93.2 Å². The summed E-state index contributed by atoms with van der Waals surface area (Å²) in [6, 6.07) is 44.1. The highest BCUT2D eigenvalue weighted by Gasteiger charge is 2.61. The second-order valence-corrected chi connectivity index (χ2v) is 46.8. The molecule has 150 heavy (non-hydrogen) atoms. The van der Waals surface area contributed by atoms with Crippen LogP contribution in [0.25, 0.3) is 33.4 Å². The lowest BCUT2D eigenvalue weighted by Gasteiger charge is -2.62. The van der Waals surface area contributed by atoms with Gasteiger partial charge in [0.05, 0.1) is 79.6 Å². The number of fused-ring (bicyclic) bond motifs is 6. The van der Waals surface area contributed by atoms with Gasteiger partial charge in [-0.1, -0.05) is 193 Å². The predicted molar refractivity (Wildman–Crippen MR) is 588 cm³/mol. The van der Waals surface area contributed by atoms with Gasteiger partial charge in [-0.25, -0.2) is 0 Å². The van der Waals surface area contributed by atoms with Crippen molar-refractivity contribution in [1.82, 2.24) is 52.4 Å². The Morgan fingerprint density at radius 1 is 0.440 bits per heavy atom. The molecule has 3 heterocycles. The highest BCUT2D eigenvalue weighted by atomic mass is 16.7. The molecule has 19 rings (SSSR count). The number of hydrogen-bond donors (Lipinski definition) is 13. The summed E-state index contributed by atoms with van der Waals surface area (Å²) < 4.78 is 18.0. The van der Waals surface area contributed by atoms with E-state index in [2.05, 4.69) is 139 Å². The number of para-hydroxylation sites is 3. The molecule has 13 N–H and O–H groups in total. The van der Waals surface area contributed by atoms with Crippen molar-refractivity contribution < 1.29 is 88.1 Å². The lowest BCUT2D eigenvalue weighted by atomic mass is 9.45. The smallest absolute Gasteiger partial charge is 0.251 e. The minimum Gasteiger partial charge on any atom is -0.496 e. The first-order valence-electron chi connectivity index (χ1n) is 54.7. The Bertz CT molecular complexity index is 5700. The van der Waals surface area contributed by atoms with Crippen LogP contribution in [0.4, 0.5) is 11.4 Å². The van der Waals surface area contributed by atoms with Gasteiger partial charge < -0.3 is 91.9 Å². The van der Waals surface area contributed by atoms with Crippen molar-refractivity contribution in [3.63, 3.8) is 0 Å². The largest absolute Gasteiger partial charge is 0.496 e. The monoisotopic (exact) mass is 2070 g/mol. The molecular formula is C120H174N12O18. The SMILES string of the molecule is CCC.CNC[C@H](C)NC(=O)c1ccc(-c2cccc(CN3O[C@@H](CO)[C@H]([C@H](C)O)[C@H]3C(=O)N[C@H]3C[C@H]4C[C@@H]([C@@H]3C)C4(C)C)c2OC)cc1.COc1c(CN2O[C@@H](CO)[C@@H](CO)[C@H]2C(=O)N[C@H]2C[C@H]3C[C@@H]([C@@H]2C)C3(C)C)cccc1-c1cc(C(=O)NCCC(C)C)cc(N(C)C)c1.COc1c(CN2O[C@@H](CO)[C@H]([C@H](C)O)[C@H]2C(=O)N[C@H]2C[C@H]3C[C@@H]([C@@H]2C)C3(C)C)cccc1-c1cc(C(=O)N[C@H](C)Cc2ccccc2)cc(N(C)C)c1. The normalized spacial score (nSPS) is 27.8. The molecule has 12 fully saturated rings. The van der Waals surface area contributed by atoms with Crippen LogP contribution in [0.3, 0.4) is 0 Å². The fourth-order valence-corrected chi connectivity index (χ4v) is 25.9. The molecule has 30 heteroatoms. The third-order valence-corrected chi connectivity index (χ3v) is 34.9. The van der Waals surface area contributed by atoms with Gasteiger partial charge in [0.2, 0.25) is 17.7 Å². The standard InChI is InChI=1S/C43H58N4O6.C38H56N4O6.C36H52N4O6.C3H8/c1-25(17-28-13-10-9-11-14-28)44-41(50)31-18-30(19-33(20-31)46(6)7)34-16-12-15-29(40(34)52-8)23-47-39(38(27(3)49)37(24-48)53-47)42(51)45-36-22-32-21-35(26(36)2)43(32,4)5;1-22(2)12-13-39-36(45)26-14-25(15-28(16-26)41(6)7)29-11-9-10-24(35(29)47-8)19-42-34(30(20-43)33(21-44)48-42)37(46)40-32-18-27-17-31(23(32)3)38(27,4)5;1-20(17-37-6)38-34(43)24-13-11-23(12-14-24)27-10-8-9-25(33(27)45-7)18-40-32(31(22(3)42)30(19-41)46-40)35(44)39-29-16-26-15-28(21(29)2)36(26,4)5;1-3-2/h9-16,18-20,25-27,32,35-39,48-49H,17,21-24H2,1-8H3,(H,44,50)(H,45,51);9-11,14-16,22-23,27,30-34,43-44H,12-13,17-21H2,1-8H3,(H,39,45)(H,40,46);8-14,20-22,26,28-32,37,41-42H,15-19H2,1-7H3,(H,38,43)(H,39,44);3H2,1-2H3/t25-,26+,27+,32-,35+,36+,37+,38+,39+;23-,27+,30+,31-,32-,33-,34-;20-,21-,22-,26+,28-,29-,30-,31-,32-;/m100./s1. The molecule has 6 bridgehead atoms. The zero-order chi connectivity index (χ0) is 109. The van der Waals surface area contributed by atoms with E-state index < -0.39 is 66.4 Å². The molecule has 6 amide bonds. The molecule has 0 spiro atoms. The van der Waals surface area contributed by atoms with E-state index in [4.69, 9.17) is 28.7 Å². The van der Waals surface area contributed by atoms with Gasteiger partial charge in [-0.3, -0.25) is 43.3 Å². The van der Waals surface area contributed by atoms with Gasteiger partial charge >= 0.3 is 0 Å². The molecule has 7 aromatic carbocycles. The Morgan fingerprint density at radius 2 is 0.807 bits per heavy atom. The number of carbonyl (C=O) groups excluding carboxylic acids is 6. The van der Waals surface area contributed by atoms with Gasteiger partial charge in [0.25, 0.3) is 17.7 Å². The number of nitrogens with one attached hydrogen (secondary N) is 7. The lowest BCUT2D eigenvalue weighted by molar-refractivity contribution is -0.183. The van der Waals surface area contributed by atoms with E-state index >= 15 is 0 Å². The number of rotatable bonds is 38. The van der Waals surface area contributed by atoms with Gasteiger partial charge in [-0.05, 0) is 232 Å². The van der Waals surface area contributed by atoms with Crippen molar-refractivity contribution in [2.75, 3.05) is 106 Å². The molecule has 12 aliphatic rings. The van der Waals surface area contributed by atoms with Gasteiger partial charge in [0, 0.05) is 151 Å². The van der Waals surface area contributed by atoms with Crippen molar-refractivity contribution in [3.8, 4) is 50.6 Å². The zero-order valence-corrected chi connectivity index (χ0v) is 93.4. The summed E-state index contributed by atoms with van der Waals surface area (Å²) in [5.74, 6) is 3.91. The number of ether oxygens (including phenoxy) is 3. The van der Waals surface area contributed by atoms with E-state index in [1.54, 1.807) is 62.5 Å². The van der Waals surface area contributed by atoms with E-state index in [0.717, 1.165) is 92.7 Å². The average molecular weight is 2070 g/mol. The van der Waals surface area contributed by atoms with E-state index in [9.17, 15) is 59.4 Å². The number of nitrogens with zero attached hydrogens (tertiary/aromatic N) is 5. The van der Waals surface area contributed by atoms with Crippen LogP contribution in [0.2, 0.25) is 0 Å². The van der Waals surface area contributed by atoms with Crippen molar-refractivity contribution >= 4 is 46.8 Å². The Labute approximate surface area is 890 Å². The quantitative estimate of drug-likeness (QED) is 0.0171. The molecule has 7 aromatic rings. The molecule has 3 saturated heterocycles. The summed E-state index contributed by atoms with van der Waals surface area (Å²) in [6.07, 6.45) is 5.33. The van der Waals surface area contributed by atoms with Crippen molar-refractivity contribution in [2.45, 2.75) is 274 Å². The van der Waals surface area contributed by atoms with Crippen LogP contribution in [-0.4, -0.2) is 256 Å². The molecule has 25 atom stereocenters. The number of hydroxylamine groups is 6. The van der Waals surface area contributed by atoms with Crippen LogP contribution < -0.4 is 61.2 Å². The molecule has 0 radical (unpaired) electrons. The molecule has 822 valence electrons. The molecule has 30 nitrogen and oxygen atoms in total. The first-order valence-corrected chi connectivity index (χ1v) is 54.7. The number of hydrogen-bond acceptors (Lipinski definition) is 24. The van der Waals surface area contributed by atoms with E-state index in [0.29, 0.717) is 123 Å². The molecule has 9 saturated carbocycles. The Kier molecular flexibility index (Phi) is 39.6. The number of aliphatic hydroxyl groups excluding tert-OH is 6. The first-order chi connectivity index (χ1) is 71.3. The third-order valence-electron chi connectivity index (χ3n) is 34.9. The summed E-state index contributed by atoms with van der Waals surface area (Å²) in [7, 11) is 14.4. The average Bonchev–Trinajstić information content (AvgIpc) is 0.836. The number of amides is 6. The number of aliphatic hydroxyl groups is 6. The Balaban J connectivity index is 0.000000185. The van der Waals surface area contributed by atoms with Crippen LogP contribution in [0, 0.1) is 93.2 Å². The van der Waals surface area contributed by atoms with E-state index in [1.165, 1.54) is 25.7 Å². The Morgan fingerprint density at radius 3 is 1.16 bits per heavy atom. The fourth-order valence-electron chi connectivity index (χ4n) is 25.9. The summed E-state index contributed by atoms with van der Waals surface area (Å²) in [5.41, 5.74) is 12.6. The van der Waals surface area contributed by atoms with Gasteiger partial charge in [-0.2, -0.15) is 15.2 Å². The number of methoxy groups -OCH3 is 3. The van der Waals surface area contributed by atoms with E-state index in [-0.39, 0.29) is 117 Å². The van der Waals surface area contributed by atoms with Crippen LogP contribution in [0.1, 0.15) is 222 Å². The summed E-state index contributed by atoms with van der Waals surface area (Å²) in [6.45, 7) is 37.0. The molecule has 9 aliphatic carbocycles. The highest BCUT2D eigenvalue weighted by molar-refractivity contribution is 5.99. The second-order valence-electron chi connectivity index (χ2n) is 46.8. The number of likely N-dealkylation sites (N-methyl/N-ethyl adjacent to an activating group) is 1. The first kappa shape index (κ1) is 117. The van der Waals surface area contributed by atoms with E-state index in [1.807, 2.05) is 180 Å². The predicted octanol–water partition coefficient (Wildman–Crippen LogP) is 14.7. The second kappa shape index (κ2) is 50.8. The minimum absolute atomic E-state index is 0.00431. The van der Waals surface area contributed by atoms with Gasteiger partial charge in [0.15, 0.2) is 0 Å². The van der Waals surface area contributed by atoms with Crippen LogP contribution in [0.15, 0.2) is 146 Å². The molecule has 0 unspecified atom stereocenters. The maximum atomic E-state index is 14.2. The summed E-state index contributed by atoms with van der Waals surface area (Å²) in [4.78, 5) is 104. The summed E-state index contributed by atoms with van der Waals surface area (Å²) in [5, 5.41) is 89.9. The van der Waals surface area contributed by atoms with Crippen molar-refractivity contribution in [1.29, 1.82) is 0 Å². The summed E-state index contributed by atoms with van der Waals surface area (Å²) >= 11 is 0. The minimum atomic E-state index is -0.897. The maximum Gasteiger partial charge on any atom is 0.251 e. The highest BCUT2D eigenvalue weighted by Crippen LogP contribution is 2.64. The third kappa shape index (κ3) is 25.7. The van der Waals surface area contributed by atoms with Crippen LogP contribution >= 0.6 is 0 Å². The number of benzene rings is 7. The molecule has 3 aliphatic heterocycles. The van der Waals surface area contributed by atoms with Crippen LogP contribution in [-0.2, 0) is 55.0 Å². The number of anilines is 2. The molecular weight excluding hydrogens is 1900 g/mol. The topological polar surface area (TPSA) is 380 Å². The fraction of sp³-hybridized carbons (Fsp3) is 0.600. The van der Waals surface area contributed by atoms with Crippen molar-refractivity contribution in [3.05, 3.63) is 185 Å². The molecule has 0 aromatic heterocycles. The number of carbonyl (C=O) groups is 6. The Hall–Kier alpha value is -10.2. The van der Waals surface area contributed by atoms with Gasteiger partial charge in [-0.15, -0.1) is 0 Å². The lowest BCUT2D eigenvalue weighted by Crippen LogP contribution is -2.62. The van der Waals surface area contributed by atoms with Gasteiger partial charge in [0.1, 0.15) is 53.7 Å². The zero-order valence-electron chi connectivity index (χ0n) is 93.4. The van der Waals surface area contributed by atoms with Crippen LogP contribution in [0.5, 0.6) is 17.2 Å².